The van der Waals surface area contributed by atoms with Crippen LogP contribution >= 0.6 is 0 Å². The average molecular weight is 409 g/mol. The summed E-state index contributed by atoms with van der Waals surface area (Å²) < 4.78 is 0. The van der Waals surface area contributed by atoms with Gasteiger partial charge in [0.25, 0.3) is 5.91 Å². The van der Waals surface area contributed by atoms with Crippen LogP contribution in [0.5, 0.6) is 0 Å². The Kier molecular flexibility index (Phi) is 5.33. The van der Waals surface area contributed by atoms with Crippen LogP contribution in [-0.4, -0.2) is 12.5 Å². The molecule has 3 heteroatoms. The molecule has 2 N–H and O–H groups in total. The second-order valence-electron chi connectivity index (χ2n) is 8.65. The fourth-order valence-electron chi connectivity index (χ4n) is 4.97. The first-order chi connectivity index (χ1) is 15.2. The van der Waals surface area contributed by atoms with Crippen LogP contribution in [0.2, 0.25) is 0 Å². The van der Waals surface area contributed by atoms with Gasteiger partial charge < -0.3 is 10.6 Å². The van der Waals surface area contributed by atoms with E-state index >= 15 is 0 Å². The number of rotatable bonds is 5. The number of benzene rings is 3. The molecule has 0 saturated carbocycles. The predicted molar refractivity (Wildman–Crippen MR) is 126 cm³/mol. The molecule has 3 aromatic rings. The molecule has 0 spiro atoms. The Bertz CT molecular complexity index is 1100. The molecule has 0 fully saturated rings. The van der Waals surface area contributed by atoms with Crippen molar-refractivity contribution in [3.63, 3.8) is 0 Å². The maximum atomic E-state index is 13.1. The summed E-state index contributed by atoms with van der Waals surface area (Å²) in [5.41, 5.74) is 6.74. The molecule has 5 rings (SSSR count). The summed E-state index contributed by atoms with van der Waals surface area (Å²) in [5, 5.41) is 6.88. The van der Waals surface area contributed by atoms with Crippen LogP contribution in [-0.2, 0) is 6.42 Å². The summed E-state index contributed by atoms with van der Waals surface area (Å²) >= 11 is 0. The SMILES string of the molecule is Cc1ccc(C2Nc3c(C(=O)NCCc4ccccc4)cccc3C3C=CCC32)cc1. The number of anilines is 1. The van der Waals surface area contributed by atoms with Crippen LogP contribution < -0.4 is 10.6 Å². The van der Waals surface area contributed by atoms with E-state index in [1.165, 1.54) is 22.3 Å². The van der Waals surface area contributed by atoms with Gasteiger partial charge in [-0.25, -0.2) is 0 Å². The van der Waals surface area contributed by atoms with Gasteiger partial charge in [0, 0.05) is 12.5 Å². The van der Waals surface area contributed by atoms with Gasteiger partial charge in [-0.3, -0.25) is 4.79 Å². The second-order valence-corrected chi connectivity index (χ2v) is 8.65. The summed E-state index contributed by atoms with van der Waals surface area (Å²) in [4.78, 5) is 13.1. The lowest BCUT2D eigenvalue weighted by Crippen LogP contribution is -2.32. The molecule has 0 saturated heterocycles. The van der Waals surface area contributed by atoms with E-state index in [1.807, 2.05) is 30.3 Å². The van der Waals surface area contributed by atoms with Crippen molar-refractivity contribution in [2.24, 2.45) is 5.92 Å². The minimum atomic E-state index is -0.0108. The maximum absolute atomic E-state index is 13.1. The van der Waals surface area contributed by atoms with Crippen molar-refractivity contribution < 1.29 is 4.79 Å². The smallest absolute Gasteiger partial charge is 0.253 e. The number of hydrogen-bond acceptors (Lipinski definition) is 2. The quantitative estimate of drug-likeness (QED) is 0.524. The molecular weight excluding hydrogens is 380 g/mol. The van der Waals surface area contributed by atoms with Gasteiger partial charge in [0.2, 0.25) is 0 Å². The molecule has 156 valence electrons. The van der Waals surface area contributed by atoms with Crippen LogP contribution in [0, 0.1) is 12.8 Å². The third-order valence-corrected chi connectivity index (χ3v) is 6.62. The summed E-state index contributed by atoms with van der Waals surface area (Å²) in [6, 6.07) is 25.4. The van der Waals surface area contributed by atoms with E-state index in [1.54, 1.807) is 0 Å². The molecule has 3 nitrogen and oxygen atoms in total. The minimum absolute atomic E-state index is 0.0108. The molecule has 1 heterocycles. The van der Waals surface area contributed by atoms with Gasteiger partial charge in [-0.05, 0) is 48.4 Å². The van der Waals surface area contributed by atoms with Crippen molar-refractivity contribution in [3.8, 4) is 0 Å². The Morgan fingerprint density at radius 1 is 1.00 bits per heavy atom. The van der Waals surface area contributed by atoms with Crippen molar-refractivity contribution >= 4 is 11.6 Å². The molecule has 0 aromatic heterocycles. The minimum Gasteiger partial charge on any atom is -0.377 e. The monoisotopic (exact) mass is 408 g/mol. The number of hydrogen-bond donors (Lipinski definition) is 2. The normalized spacial score (nSPS) is 21.1. The molecule has 0 bridgehead atoms. The molecule has 1 amide bonds. The van der Waals surface area contributed by atoms with E-state index in [9.17, 15) is 4.79 Å². The Morgan fingerprint density at radius 2 is 1.81 bits per heavy atom. The van der Waals surface area contributed by atoms with Crippen LogP contribution in [0.1, 0.15) is 51.0 Å². The fourth-order valence-corrected chi connectivity index (χ4v) is 4.97. The maximum Gasteiger partial charge on any atom is 0.253 e. The Morgan fingerprint density at radius 3 is 2.61 bits per heavy atom. The lowest BCUT2D eigenvalue weighted by atomic mass is 9.76. The van der Waals surface area contributed by atoms with Crippen molar-refractivity contribution in [2.45, 2.75) is 31.7 Å². The highest BCUT2D eigenvalue weighted by atomic mass is 16.1. The molecule has 31 heavy (non-hydrogen) atoms. The summed E-state index contributed by atoms with van der Waals surface area (Å²) in [5.74, 6) is 0.814. The first kappa shape index (κ1) is 19.6. The Balaban J connectivity index is 1.40. The first-order valence-electron chi connectivity index (χ1n) is 11.2. The van der Waals surface area contributed by atoms with Gasteiger partial charge in [0.05, 0.1) is 17.3 Å². The lowest BCUT2D eigenvalue weighted by molar-refractivity contribution is 0.0954. The van der Waals surface area contributed by atoms with Crippen molar-refractivity contribution in [2.75, 3.05) is 11.9 Å². The van der Waals surface area contributed by atoms with Gasteiger partial charge in [-0.1, -0.05) is 84.4 Å². The first-order valence-corrected chi connectivity index (χ1v) is 11.2. The highest BCUT2D eigenvalue weighted by Crippen LogP contribution is 2.50. The number of nitrogens with one attached hydrogen (secondary N) is 2. The summed E-state index contributed by atoms with van der Waals surface area (Å²) in [6.45, 7) is 2.74. The number of carbonyl (C=O) groups is 1. The number of para-hydroxylation sites is 1. The van der Waals surface area contributed by atoms with Crippen LogP contribution in [0.15, 0.2) is 84.9 Å². The number of allylic oxidation sites excluding steroid dienone is 2. The average Bonchev–Trinajstić information content (AvgIpc) is 3.30. The topological polar surface area (TPSA) is 41.1 Å². The largest absolute Gasteiger partial charge is 0.377 e. The second kappa shape index (κ2) is 8.43. The number of carbonyl (C=O) groups excluding carboxylic acids is 1. The van der Waals surface area contributed by atoms with Gasteiger partial charge >= 0.3 is 0 Å². The van der Waals surface area contributed by atoms with E-state index in [0.717, 1.165) is 24.1 Å². The molecular formula is C28H28N2O. The number of amides is 1. The van der Waals surface area contributed by atoms with E-state index < -0.39 is 0 Å². The predicted octanol–water partition coefficient (Wildman–Crippen LogP) is 5.79. The molecule has 1 aliphatic heterocycles. The van der Waals surface area contributed by atoms with E-state index in [4.69, 9.17) is 0 Å². The van der Waals surface area contributed by atoms with Gasteiger partial charge in [-0.2, -0.15) is 0 Å². The molecule has 3 atom stereocenters. The van der Waals surface area contributed by atoms with Crippen molar-refractivity contribution in [3.05, 3.63) is 113 Å². The molecule has 2 aliphatic rings. The highest BCUT2D eigenvalue weighted by Gasteiger charge is 2.39. The third kappa shape index (κ3) is 3.88. The Labute approximate surface area is 184 Å². The van der Waals surface area contributed by atoms with Gasteiger partial charge in [-0.15, -0.1) is 0 Å². The number of fused-ring (bicyclic) bond motifs is 3. The molecule has 3 unspecified atom stereocenters. The van der Waals surface area contributed by atoms with Crippen LogP contribution in [0.3, 0.4) is 0 Å². The highest BCUT2D eigenvalue weighted by molar-refractivity contribution is 6.00. The fraction of sp³-hybridized carbons (Fsp3) is 0.250. The third-order valence-electron chi connectivity index (χ3n) is 6.62. The zero-order chi connectivity index (χ0) is 21.2. The van der Waals surface area contributed by atoms with Crippen molar-refractivity contribution in [1.29, 1.82) is 0 Å². The van der Waals surface area contributed by atoms with Crippen LogP contribution in [0.4, 0.5) is 5.69 Å². The van der Waals surface area contributed by atoms with E-state index in [2.05, 4.69) is 72.2 Å². The van der Waals surface area contributed by atoms with Gasteiger partial charge in [0.15, 0.2) is 0 Å². The summed E-state index contributed by atoms with van der Waals surface area (Å²) in [7, 11) is 0. The Hall–Kier alpha value is -3.33. The molecule has 3 aromatic carbocycles. The standard InChI is InChI=1S/C28H28N2O/c1-19-13-15-21(16-14-19)26-23-10-5-9-22(23)24-11-6-12-25(27(24)30-26)28(31)29-18-17-20-7-3-2-4-8-20/h2-9,11-16,22-23,26,30H,10,17-18H2,1H3,(H,29,31). The zero-order valence-electron chi connectivity index (χ0n) is 17.8. The molecule has 0 radical (unpaired) electrons. The zero-order valence-corrected chi connectivity index (χ0v) is 17.8. The number of aryl methyl sites for hydroxylation is 1. The van der Waals surface area contributed by atoms with Crippen molar-refractivity contribution in [1.82, 2.24) is 5.32 Å². The van der Waals surface area contributed by atoms with E-state index in [0.29, 0.717) is 18.4 Å². The lowest BCUT2D eigenvalue weighted by Gasteiger charge is -2.38. The van der Waals surface area contributed by atoms with Crippen LogP contribution in [0.25, 0.3) is 0 Å². The molecule has 1 aliphatic carbocycles. The van der Waals surface area contributed by atoms with Gasteiger partial charge in [0.1, 0.15) is 0 Å². The van der Waals surface area contributed by atoms with E-state index in [-0.39, 0.29) is 11.9 Å². The summed E-state index contributed by atoms with van der Waals surface area (Å²) in [6.07, 6.45) is 6.50.